The van der Waals surface area contributed by atoms with Gasteiger partial charge < -0.3 is 5.32 Å². The molecule has 1 saturated heterocycles. The van der Waals surface area contributed by atoms with Crippen LogP contribution in [0, 0.1) is 5.92 Å². The second-order valence-corrected chi connectivity index (χ2v) is 9.09. The lowest BCUT2D eigenvalue weighted by Gasteiger charge is -2.33. The molecule has 0 aliphatic carbocycles. The van der Waals surface area contributed by atoms with Gasteiger partial charge in [-0.1, -0.05) is 44.2 Å². The predicted octanol–water partition coefficient (Wildman–Crippen LogP) is 3.49. The summed E-state index contributed by atoms with van der Waals surface area (Å²) >= 11 is 0. The van der Waals surface area contributed by atoms with Crippen LogP contribution in [-0.2, 0) is 24.3 Å². The van der Waals surface area contributed by atoms with Crippen LogP contribution in [0.3, 0.4) is 0 Å². The van der Waals surface area contributed by atoms with Crippen molar-refractivity contribution in [2.24, 2.45) is 5.92 Å². The Balaban J connectivity index is 1.43. The average molecular weight is 409 g/mol. The third-order valence-corrected chi connectivity index (χ3v) is 5.53. The zero-order valence-corrected chi connectivity index (χ0v) is 18.7. The quantitative estimate of drug-likeness (QED) is 0.690. The lowest BCUT2D eigenvalue weighted by Crippen LogP contribution is -2.49. The Morgan fingerprint density at radius 3 is 2.67 bits per heavy atom. The Labute approximate surface area is 181 Å². The molecule has 3 rings (SSSR count). The van der Waals surface area contributed by atoms with E-state index in [1.54, 1.807) is 6.20 Å². The summed E-state index contributed by atoms with van der Waals surface area (Å²) in [5.41, 5.74) is 3.88. The molecule has 0 spiro atoms. The molecule has 1 fully saturated rings. The number of hydrogen-bond donors (Lipinski definition) is 1. The third-order valence-electron chi connectivity index (χ3n) is 5.53. The van der Waals surface area contributed by atoms with Crippen LogP contribution in [0.2, 0.25) is 0 Å². The van der Waals surface area contributed by atoms with E-state index >= 15 is 0 Å². The normalized spacial score (nSPS) is 17.4. The molecular formula is C25H36N4O. The van der Waals surface area contributed by atoms with Crippen molar-refractivity contribution in [3.8, 4) is 0 Å². The van der Waals surface area contributed by atoms with Crippen molar-refractivity contribution in [2.75, 3.05) is 26.7 Å². The van der Waals surface area contributed by atoms with E-state index in [-0.39, 0.29) is 11.9 Å². The minimum Gasteiger partial charge on any atom is -0.351 e. The smallest absolute Gasteiger partial charge is 0.234 e. The number of likely N-dealkylation sites (N-methyl/N-ethyl adjacent to an activating group) is 1. The molecule has 5 nitrogen and oxygen atoms in total. The number of piperidine rings is 1. The molecule has 2 heterocycles. The van der Waals surface area contributed by atoms with E-state index in [0.29, 0.717) is 12.5 Å². The number of rotatable bonds is 9. The molecule has 30 heavy (non-hydrogen) atoms. The van der Waals surface area contributed by atoms with Crippen molar-refractivity contribution >= 4 is 5.91 Å². The first-order valence-corrected chi connectivity index (χ1v) is 11.1. The van der Waals surface area contributed by atoms with E-state index in [9.17, 15) is 4.79 Å². The number of aromatic nitrogens is 1. The highest BCUT2D eigenvalue weighted by Crippen LogP contribution is 2.16. The van der Waals surface area contributed by atoms with Crippen LogP contribution in [0.4, 0.5) is 0 Å². The van der Waals surface area contributed by atoms with E-state index in [2.05, 4.69) is 53.3 Å². The first kappa shape index (κ1) is 22.4. The molecular weight excluding hydrogens is 372 g/mol. The fraction of sp³-hybridized carbons (Fsp3) is 0.520. The zero-order chi connectivity index (χ0) is 21.3. The van der Waals surface area contributed by atoms with Gasteiger partial charge in [-0.3, -0.25) is 19.6 Å². The minimum absolute atomic E-state index is 0.103. The number of carbonyl (C=O) groups is 1. The van der Waals surface area contributed by atoms with Crippen LogP contribution in [0.1, 0.15) is 43.4 Å². The van der Waals surface area contributed by atoms with Gasteiger partial charge in [-0.2, -0.15) is 0 Å². The van der Waals surface area contributed by atoms with Gasteiger partial charge in [-0.05, 0) is 61.5 Å². The molecule has 0 saturated carbocycles. The molecule has 0 unspecified atom stereocenters. The zero-order valence-electron chi connectivity index (χ0n) is 18.7. The Morgan fingerprint density at radius 1 is 1.20 bits per heavy atom. The minimum atomic E-state index is 0.103. The van der Waals surface area contributed by atoms with Crippen LogP contribution in [0.15, 0.2) is 48.8 Å². The number of nitrogens with zero attached hydrogens (tertiary/aromatic N) is 3. The molecule has 1 aromatic heterocycles. The van der Waals surface area contributed by atoms with Crippen molar-refractivity contribution in [3.05, 3.63) is 65.5 Å². The molecule has 1 aliphatic heterocycles. The van der Waals surface area contributed by atoms with Crippen molar-refractivity contribution < 1.29 is 4.79 Å². The summed E-state index contributed by atoms with van der Waals surface area (Å²) in [5, 5.41) is 3.24. The fourth-order valence-electron chi connectivity index (χ4n) is 4.21. The van der Waals surface area contributed by atoms with Crippen LogP contribution in [0.25, 0.3) is 0 Å². The first-order valence-electron chi connectivity index (χ1n) is 11.1. The molecule has 1 aliphatic rings. The Morgan fingerprint density at radius 2 is 1.97 bits per heavy atom. The second kappa shape index (κ2) is 11.2. The van der Waals surface area contributed by atoms with Crippen LogP contribution < -0.4 is 5.32 Å². The highest BCUT2D eigenvalue weighted by molar-refractivity contribution is 5.78. The number of likely N-dealkylation sites (tertiary alicyclic amines) is 1. The van der Waals surface area contributed by atoms with Gasteiger partial charge >= 0.3 is 0 Å². The molecule has 162 valence electrons. The summed E-state index contributed by atoms with van der Waals surface area (Å²) in [4.78, 5) is 21.2. The predicted molar refractivity (Wildman–Crippen MR) is 122 cm³/mol. The van der Waals surface area contributed by atoms with Gasteiger partial charge in [-0.15, -0.1) is 0 Å². The number of amides is 1. The van der Waals surface area contributed by atoms with E-state index in [1.165, 1.54) is 11.1 Å². The van der Waals surface area contributed by atoms with E-state index < -0.39 is 0 Å². The summed E-state index contributed by atoms with van der Waals surface area (Å²) in [5.74, 6) is 0.789. The van der Waals surface area contributed by atoms with Crippen molar-refractivity contribution in [3.63, 3.8) is 0 Å². The summed E-state index contributed by atoms with van der Waals surface area (Å²) in [7, 11) is 1.97. The topological polar surface area (TPSA) is 48.5 Å². The number of benzene rings is 1. The molecule has 0 bridgehead atoms. The molecule has 1 N–H and O–H groups in total. The third kappa shape index (κ3) is 7.54. The van der Waals surface area contributed by atoms with E-state index in [4.69, 9.17) is 0 Å². The molecule has 0 radical (unpaired) electrons. The summed E-state index contributed by atoms with van der Waals surface area (Å²) in [6, 6.07) is 13.2. The van der Waals surface area contributed by atoms with Gasteiger partial charge in [0.25, 0.3) is 0 Å². The fourth-order valence-corrected chi connectivity index (χ4v) is 4.21. The highest BCUT2D eigenvalue weighted by atomic mass is 16.2. The van der Waals surface area contributed by atoms with Gasteiger partial charge in [0.05, 0.1) is 6.54 Å². The van der Waals surface area contributed by atoms with Crippen molar-refractivity contribution in [1.29, 1.82) is 0 Å². The second-order valence-electron chi connectivity index (χ2n) is 9.09. The number of pyridine rings is 1. The summed E-state index contributed by atoms with van der Waals surface area (Å²) in [6.45, 7) is 8.62. The maximum absolute atomic E-state index is 12.5. The maximum atomic E-state index is 12.5. The van der Waals surface area contributed by atoms with Crippen molar-refractivity contribution in [2.45, 2.75) is 52.2 Å². The maximum Gasteiger partial charge on any atom is 0.234 e. The molecule has 1 amide bonds. The lowest BCUT2D eigenvalue weighted by molar-refractivity contribution is -0.123. The molecule has 1 aromatic carbocycles. The number of hydrogen-bond acceptors (Lipinski definition) is 4. The van der Waals surface area contributed by atoms with E-state index in [1.807, 2.05) is 30.3 Å². The molecule has 1 atom stereocenters. The van der Waals surface area contributed by atoms with Gasteiger partial charge in [0.15, 0.2) is 0 Å². The molecule has 2 aromatic rings. The Kier molecular flexibility index (Phi) is 8.40. The summed E-state index contributed by atoms with van der Waals surface area (Å²) in [6.07, 6.45) is 6.94. The van der Waals surface area contributed by atoms with Gasteiger partial charge in [0.1, 0.15) is 0 Å². The summed E-state index contributed by atoms with van der Waals surface area (Å²) < 4.78 is 0. The molecule has 5 heteroatoms. The van der Waals surface area contributed by atoms with Crippen LogP contribution in [0.5, 0.6) is 0 Å². The van der Waals surface area contributed by atoms with Crippen LogP contribution in [-0.4, -0.2) is 53.4 Å². The highest BCUT2D eigenvalue weighted by Gasteiger charge is 2.22. The first-order chi connectivity index (χ1) is 14.5. The van der Waals surface area contributed by atoms with Crippen LogP contribution >= 0.6 is 0 Å². The Hall–Kier alpha value is -2.24. The van der Waals surface area contributed by atoms with Crippen molar-refractivity contribution in [1.82, 2.24) is 20.1 Å². The standard InChI is InChI=1S/C25H36N4O/c1-20(2)14-21-8-10-22(11-9-21)17-29-13-5-7-24(18-29)27-25(30)19-28(3)16-23-6-4-12-26-15-23/h4,6,8-12,15,20,24H,5,7,13-14,16-19H2,1-3H3,(H,27,30)/t24-/m1/s1. The monoisotopic (exact) mass is 408 g/mol. The van der Waals surface area contributed by atoms with Gasteiger partial charge in [0.2, 0.25) is 5.91 Å². The van der Waals surface area contributed by atoms with Gasteiger partial charge in [-0.25, -0.2) is 0 Å². The SMILES string of the molecule is CC(C)Cc1ccc(CN2CCC[C@@H](NC(=O)CN(C)Cc3cccnc3)C2)cc1. The van der Waals surface area contributed by atoms with E-state index in [0.717, 1.165) is 51.0 Å². The number of nitrogens with one attached hydrogen (secondary N) is 1. The largest absolute Gasteiger partial charge is 0.351 e. The average Bonchev–Trinajstić information content (AvgIpc) is 2.70. The van der Waals surface area contributed by atoms with Gasteiger partial charge in [0, 0.05) is 38.1 Å². The lowest BCUT2D eigenvalue weighted by atomic mass is 10.0. The Bertz CT molecular complexity index is 775. The number of carbonyl (C=O) groups excluding carboxylic acids is 1.